The molecule has 0 amide bonds. The smallest absolute Gasteiger partial charge is 0.307 e. The molecule has 0 aliphatic heterocycles. The Morgan fingerprint density at radius 2 is 1.65 bits per heavy atom. The lowest BCUT2D eigenvalue weighted by Crippen LogP contribution is -2.10. The van der Waals surface area contributed by atoms with Gasteiger partial charge in [0.1, 0.15) is 11.4 Å². The van der Waals surface area contributed by atoms with Crippen molar-refractivity contribution in [2.45, 2.75) is 18.0 Å². The van der Waals surface area contributed by atoms with Gasteiger partial charge in [0.2, 0.25) is 0 Å². The molecular weight excluding hydrogens is 493 g/mol. The van der Waals surface area contributed by atoms with Crippen LogP contribution in [-0.2, 0) is 23.1 Å². The monoisotopic (exact) mass is 508 g/mol. The van der Waals surface area contributed by atoms with Crippen molar-refractivity contribution >= 4 is 21.4 Å². The fourth-order valence-electron chi connectivity index (χ4n) is 3.20. The van der Waals surface area contributed by atoms with E-state index in [9.17, 15) is 21.6 Å². The van der Waals surface area contributed by atoms with E-state index >= 15 is 0 Å². The lowest BCUT2D eigenvalue weighted by molar-refractivity contribution is -0.137. The van der Waals surface area contributed by atoms with E-state index in [4.69, 9.17) is 11.6 Å². The summed E-state index contributed by atoms with van der Waals surface area (Å²) in [5.41, 5.74) is -0.129. The van der Waals surface area contributed by atoms with Crippen LogP contribution in [0.3, 0.4) is 0 Å². The van der Waals surface area contributed by atoms with Crippen LogP contribution in [0.1, 0.15) is 12.5 Å². The molecule has 4 aromatic rings. The molecule has 0 bridgehead atoms. The highest BCUT2D eigenvalue weighted by molar-refractivity contribution is 7.91. The summed E-state index contributed by atoms with van der Waals surface area (Å²) in [5, 5.41) is 8.37. The molecule has 0 aliphatic rings. The molecule has 4 rings (SSSR count). The van der Waals surface area contributed by atoms with Gasteiger partial charge in [0.25, 0.3) is 0 Å². The Morgan fingerprint density at radius 1 is 0.971 bits per heavy atom. The summed E-state index contributed by atoms with van der Waals surface area (Å²) in [4.78, 5) is 12.3. The normalized spacial score (nSPS) is 12.2. The van der Waals surface area contributed by atoms with Crippen LogP contribution in [0.15, 0.2) is 53.8 Å². The summed E-state index contributed by atoms with van der Waals surface area (Å²) >= 11 is 6.02. The zero-order chi connectivity index (χ0) is 24.7. The number of hydrogen-bond acceptors (Lipinski definition) is 7. The van der Waals surface area contributed by atoms with Crippen LogP contribution in [0.2, 0.25) is 5.02 Å². The maximum atomic E-state index is 13.1. The van der Waals surface area contributed by atoms with Crippen LogP contribution in [0.25, 0.3) is 34.3 Å². The molecule has 4 heterocycles. The molecular formula is C21H16ClF3N6O2S. The fourth-order valence-corrected chi connectivity index (χ4v) is 4.41. The summed E-state index contributed by atoms with van der Waals surface area (Å²) in [6, 6.07) is 6.26. The van der Waals surface area contributed by atoms with Crippen LogP contribution in [0, 0.1) is 0 Å². The van der Waals surface area contributed by atoms with E-state index in [-0.39, 0.29) is 33.7 Å². The van der Waals surface area contributed by atoms with Gasteiger partial charge < -0.3 is 4.57 Å². The molecule has 0 aliphatic carbocycles. The van der Waals surface area contributed by atoms with Gasteiger partial charge in [-0.3, -0.25) is 15.0 Å². The Kier molecular flexibility index (Phi) is 6.13. The van der Waals surface area contributed by atoms with Crippen molar-refractivity contribution in [1.29, 1.82) is 0 Å². The summed E-state index contributed by atoms with van der Waals surface area (Å²) in [5.74, 6) is -0.149. The van der Waals surface area contributed by atoms with Gasteiger partial charge in [0, 0.05) is 36.2 Å². The van der Waals surface area contributed by atoms with Crippen LogP contribution in [0.5, 0.6) is 0 Å². The summed E-state index contributed by atoms with van der Waals surface area (Å²) in [6.07, 6.45) is -0.645. The first-order chi connectivity index (χ1) is 16.0. The molecule has 0 N–H and O–H groups in total. The molecule has 0 unspecified atom stereocenters. The number of sulfone groups is 1. The first kappa shape index (κ1) is 23.8. The SMILES string of the molecule is CCS(=O)(=O)c1cc(-c2cc(Cl)ccn2)cnc1-c1nnc(-c2cc(C(F)(F)F)ccn2)n1C. The largest absolute Gasteiger partial charge is 0.416 e. The first-order valence-corrected chi connectivity index (χ1v) is 11.8. The van der Waals surface area contributed by atoms with Gasteiger partial charge >= 0.3 is 6.18 Å². The zero-order valence-electron chi connectivity index (χ0n) is 17.7. The standard InChI is InChI=1S/C21H16ClF3N6O2S/c1-3-34(32,33)17-8-12(15-10-14(22)5-7-26-15)11-28-18(17)20-30-29-19(31(20)2)16-9-13(4-6-27-16)21(23,24)25/h4-11H,3H2,1-2H3. The number of alkyl halides is 3. The molecule has 176 valence electrons. The maximum Gasteiger partial charge on any atom is 0.416 e. The molecule has 34 heavy (non-hydrogen) atoms. The predicted molar refractivity (Wildman–Crippen MR) is 118 cm³/mol. The topological polar surface area (TPSA) is 104 Å². The van der Waals surface area contributed by atoms with Gasteiger partial charge in [-0.2, -0.15) is 13.2 Å². The van der Waals surface area contributed by atoms with E-state index in [2.05, 4.69) is 25.1 Å². The Bertz CT molecular complexity index is 1490. The molecule has 8 nitrogen and oxygen atoms in total. The minimum absolute atomic E-state index is 0.000791. The van der Waals surface area contributed by atoms with Crippen molar-refractivity contribution in [1.82, 2.24) is 29.7 Å². The number of halogens is 4. The van der Waals surface area contributed by atoms with E-state index in [1.807, 2.05) is 0 Å². The quantitative estimate of drug-likeness (QED) is 0.392. The highest BCUT2D eigenvalue weighted by atomic mass is 35.5. The van der Waals surface area contributed by atoms with E-state index < -0.39 is 21.6 Å². The number of pyridine rings is 3. The second-order valence-corrected chi connectivity index (χ2v) is 9.85. The third-order valence-electron chi connectivity index (χ3n) is 4.99. The lowest BCUT2D eigenvalue weighted by Gasteiger charge is -2.11. The second-order valence-electron chi connectivity index (χ2n) is 7.17. The number of hydrogen-bond donors (Lipinski definition) is 0. The van der Waals surface area contributed by atoms with Crippen LogP contribution < -0.4 is 0 Å². The zero-order valence-corrected chi connectivity index (χ0v) is 19.3. The van der Waals surface area contributed by atoms with Crippen molar-refractivity contribution in [2.24, 2.45) is 7.05 Å². The highest BCUT2D eigenvalue weighted by Gasteiger charge is 2.31. The Balaban J connectivity index is 1.87. The number of aromatic nitrogens is 6. The fraction of sp³-hybridized carbons (Fsp3) is 0.190. The highest BCUT2D eigenvalue weighted by Crippen LogP contribution is 2.33. The molecule has 0 saturated carbocycles. The molecule has 0 fully saturated rings. The second kappa shape index (κ2) is 8.76. The number of nitrogens with zero attached hydrogens (tertiary/aromatic N) is 6. The maximum absolute atomic E-state index is 13.1. The summed E-state index contributed by atoms with van der Waals surface area (Å²) in [7, 11) is -2.30. The van der Waals surface area contributed by atoms with Gasteiger partial charge in [0.05, 0.1) is 21.9 Å². The molecule has 0 spiro atoms. The van der Waals surface area contributed by atoms with E-state index in [0.29, 0.717) is 16.3 Å². The molecule has 0 aromatic carbocycles. The van der Waals surface area contributed by atoms with Gasteiger partial charge in [-0.15, -0.1) is 10.2 Å². The molecule has 0 radical (unpaired) electrons. The van der Waals surface area contributed by atoms with Gasteiger partial charge in [0.15, 0.2) is 21.5 Å². The minimum atomic E-state index is -4.56. The Hall–Kier alpha value is -3.38. The van der Waals surface area contributed by atoms with E-state index in [1.54, 1.807) is 12.1 Å². The molecule has 13 heteroatoms. The van der Waals surface area contributed by atoms with Crippen molar-refractivity contribution in [2.75, 3.05) is 5.75 Å². The van der Waals surface area contributed by atoms with Gasteiger partial charge in [-0.05, 0) is 30.3 Å². The average Bonchev–Trinajstić information content (AvgIpc) is 3.19. The van der Waals surface area contributed by atoms with Crippen LogP contribution >= 0.6 is 11.6 Å². The first-order valence-electron chi connectivity index (χ1n) is 9.79. The third kappa shape index (κ3) is 4.50. The van der Waals surface area contributed by atoms with Crippen LogP contribution in [-0.4, -0.2) is 43.9 Å². The minimum Gasteiger partial charge on any atom is -0.307 e. The molecule has 0 saturated heterocycles. The number of rotatable bonds is 5. The van der Waals surface area contributed by atoms with Crippen molar-refractivity contribution < 1.29 is 21.6 Å². The lowest BCUT2D eigenvalue weighted by atomic mass is 10.1. The van der Waals surface area contributed by atoms with E-state index in [0.717, 1.165) is 18.3 Å². The van der Waals surface area contributed by atoms with Crippen molar-refractivity contribution in [3.8, 4) is 34.3 Å². The van der Waals surface area contributed by atoms with Gasteiger partial charge in [-0.25, -0.2) is 8.42 Å². The summed E-state index contributed by atoms with van der Waals surface area (Å²) in [6.45, 7) is 1.48. The van der Waals surface area contributed by atoms with Crippen molar-refractivity contribution in [3.05, 3.63) is 59.5 Å². The van der Waals surface area contributed by atoms with Crippen LogP contribution in [0.4, 0.5) is 13.2 Å². The third-order valence-corrected chi connectivity index (χ3v) is 6.97. The Labute approximate surface area is 197 Å². The molecule has 0 atom stereocenters. The van der Waals surface area contributed by atoms with Crippen molar-refractivity contribution in [3.63, 3.8) is 0 Å². The Morgan fingerprint density at radius 3 is 2.32 bits per heavy atom. The average molecular weight is 509 g/mol. The molecule has 4 aromatic heterocycles. The van der Waals surface area contributed by atoms with Gasteiger partial charge in [-0.1, -0.05) is 18.5 Å². The summed E-state index contributed by atoms with van der Waals surface area (Å²) < 4.78 is 66.5. The predicted octanol–water partition coefficient (Wildman–Crippen LogP) is 4.47. The van der Waals surface area contributed by atoms with E-state index in [1.165, 1.54) is 37.0 Å².